The first-order chi connectivity index (χ1) is 12.4. The minimum absolute atomic E-state index is 0.385. The summed E-state index contributed by atoms with van der Waals surface area (Å²) in [5.74, 6) is 0.608. The van der Waals surface area contributed by atoms with Gasteiger partial charge >= 0.3 is 0 Å². The molecule has 0 saturated heterocycles. The van der Waals surface area contributed by atoms with Crippen molar-refractivity contribution in [1.29, 1.82) is 0 Å². The molecule has 0 radical (unpaired) electrons. The second-order valence-electron chi connectivity index (χ2n) is 6.84. The summed E-state index contributed by atoms with van der Waals surface area (Å²) in [4.78, 5) is 4.56. The second-order valence-corrected chi connectivity index (χ2v) is 7.22. The fourth-order valence-corrected chi connectivity index (χ4v) is 2.74. The molecule has 3 aromatic carbocycles. The van der Waals surface area contributed by atoms with E-state index in [0.29, 0.717) is 15.6 Å². The van der Waals surface area contributed by atoms with Crippen LogP contribution in [0.2, 0.25) is 0 Å². The molecule has 0 saturated carbocycles. The maximum Gasteiger partial charge on any atom is 0.214 e. The van der Waals surface area contributed by atoms with E-state index in [1.165, 1.54) is 5.39 Å². The Bertz CT molecular complexity index is 956. The van der Waals surface area contributed by atoms with Crippen molar-refractivity contribution in [2.75, 3.05) is 26.5 Å². The zero-order valence-corrected chi connectivity index (χ0v) is 16.0. The van der Waals surface area contributed by atoms with Gasteiger partial charge in [0.2, 0.25) is 5.84 Å². The van der Waals surface area contributed by atoms with Crippen LogP contribution < -0.4 is 5.32 Å². The van der Waals surface area contributed by atoms with E-state index in [-0.39, 0.29) is 0 Å². The third kappa shape index (κ3) is 4.88. The van der Waals surface area contributed by atoms with E-state index in [1.807, 2.05) is 69.7 Å². The van der Waals surface area contributed by atoms with Gasteiger partial charge in [0.15, 0.2) is 0 Å². The van der Waals surface area contributed by atoms with E-state index in [4.69, 9.17) is 12.6 Å². The number of anilines is 1. The minimum Gasteiger partial charge on any atom is -0.742 e. The molecule has 0 aliphatic carbocycles. The van der Waals surface area contributed by atoms with Gasteiger partial charge in [-0.1, -0.05) is 65.8 Å². The molecule has 1 N–H and O–H groups in total. The predicted molar refractivity (Wildman–Crippen MR) is 113 cm³/mol. The summed E-state index contributed by atoms with van der Waals surface area (Å²) in [6, 6.07) is 24.2. The Labute approximate surface area is 159 Å². The summed E-state index contributed by atoms with van der Waals surface area (Å²) < 4.78 is 0.409. The zero-order chi connectivity index (χ0) is 18.6. The number of benzene rings is 3. The second kappa shape index (κ2) is 7.64. The Balaban J connectivity index is 1.90. The monoisotopic (exact) mass is 362 g/mol. The SMILES string of the molecule is C[N+](C)(C)/N=C(\N=C([S-])Nc1ccc2ccccc2c1)c1ccccc1. The molecule has 132 valence electrons. The van der Waals surface area contributed by atoms with E-state index in [1.54, 1.807) is 0 Å². The number of fused-ring (bicyclic) bond motifs is 1. The van der Waals surface area contributed by atoms with E-state index < -0.39 is 0 Å². The van der Waals surface area contributed by atoms with Gasteiger partial charge in [-0.05, 0) is 28.1 Å². The normalized spacial score (nSPS) is 13.0. The molecule has 5 heteroatoms. The van der Waals surface area contributed by atoms with Gasteiger partial charge in [0.25, 0.3) is 0 Å². The zero-order valence-electron chi connectivity index (χ0n) is 15.2. The maximum absolute atomic E-state index is 5.46. The highest BCUT2D eigenvalue weighted by atomic mass is 32.1. The van der Waals surface area contributed by atoms with Crippen molar-refractivity contribution in [3.63, 3.8) is 0 Å². The van der Waals surface area contributed by atoms with Gasteiger partial charge in [-0.3, -0.25) is 0 Å². The summed E-state index contributed by atoms with van der Waals surface area (Å²) >= 11 is 5.46. The smallest absolute Gasteiger partial charge is 0.214 e. The van der Waals surface area contributed by atoms with Gasteiger partial charge in [-0.15, -0.1) is 0 Å². The lowest BCUT2D eigenvalue weighted by atomic mass is 10.1. The van der Waals surface area contributed by atoms with Gasteiger partial charge in [0.1, 0.15) is 0 Å². The molecule has 0 aromatic heterocycles. The van der Waals surface area contributed by atoms with Crippen LogP contribution in [0.5, 0.6) is 0 Å². The summed E-state index contributed by atoms with van der Waals surface area (Å²) in [6.45, 7) is 0. The molecule has 4 nitrogen and oxygen atoms in total. The number of hydrogen-bond donors (Lipinski definition) is 1. The summed E-state index contributed by atoms with van der Waals surface area (Å²) in [6.07, 6.45) is 0. The molecule has 0 spiro atoms. The fourth-order valence-electron chi connectivity index (χ4n) is 2.53. The molecule has 0 atom stereocenters. The molecule has 0 heterocycles. The maximum atomic E-state index is 5.46. The van der Waals surface area contributed by atoms with Crippen LogP contribution in [0.3, 0.4) is 0 Å². The van der Waals surface area contributed by atoms with Crippen molar-refractivity contribution in [1.82, 2.24) is 0 Å². The molecule has 3 rings (SSSR count). The van der Waals surface area contributed by atoms with Crippen LogP contribution >= 0.6 is 0 Å². The van der Waals surface area contributed by atoms with Crippen molar-refractivity contribution in [2.45, 2.75) is 0 Å². The lowest BCUT2D eigenvalue weighted by Gasteiger charge is -2.19. The minimum atomic E-state index is 0.385. The first kappa shape index (κ1) is 18.0. The number of nitrogens with one attached hydrogen (secondary N) is 1. The number of quaternary nitrogens is 1. The number of nitrogens with zero attached hydrogens (tertiary/aromatic N) is 3. The fraction of sp³-hybridized carbons (Fsp3) is 0.143. The van der Waals surface area contributed by atoms with E-state index >= 15 is 0 Å². The van der Waals surface area contributed by atoms with Crippen LogP contribution in [-0.2, 0) is 12.6 Å². The summed E-state index contributed by atoms with van der Waals surface area (Å²) in [7, 11) is 5.95. The Morgan fingerprint density at radius 3 is 2.19 bits per heavy atom. The predicted octanol–water partition coefficient (Wildman–Crippen LogP) is 4.22. The molecule has 26 heavy (non-hydrogen) atoms. The molecule has 0 unspecified atom stereocenters. The average Bonchev–Trinajstić information content (AvgIpc) is 2.60. The van der Waals surface area contributed by atoms with Crippen LogP contribution in [0.25, 0.3) is 10.8 Å². The molecule has 0 fully saturated rings. The van der Waals surface area contributed by atoms with Crippen LogP contribution in [-0.4, -0.2) is 36.7 Å². The average molecular weight is 363 g/mol. The van der Waals surface area contributed by atoms with Crippen molar-refractivity contribution in [3.05, 3.63) is 78.4 Å². The Morgan fingerprint density at radius 1 is 0.846 bits per heavy atom. The highest BCUT2D eigenvalue weighted by Crippen LogP contribution is 2.19. The Hall–Kier alpha value is -2.76. The lowest BCUT2D eigenvalue weighted by Crippen LogP contribution is -2.29. The standard InChI is InChI=1S/C21H22N4S/c1-25(2,3)24-20(17-10-5-4-6-11-17)23-21(26)22-19-14-13-16-9-7-8-12-18(16)15-19/h4-15H,1-3H3,(H-,22,23,24,26). The van der Waals surface area contributed by atoms with Gasteiger partial charge in [-0.2, -0.15) is 0 Å². The van der Waals surface area contributed by atoms with Crippen molar-refractivity contribution < 1.29 is 4.59 Å². The molecule has 3 aromatic rings. The first-order valence-electron chi connectivity index (χ1n) is 8.39. The third-order valence-corrected chi connectivity index (χ3v) is 3.83. The van der Waals surface area contributed by atoms with Crippen molar-refractivity contribution in [2.24, 2.45) is 10.1 Å². The van der Waals surface area contributed by atoms with E-state index in [0.717, 1.165) is 16.6 Å². The van der Waals surface area contributed by atoms with Gasteiger partial charge < -0.3 is 17.9 Å². The third-order valence-electron chi connectivity index (χ3n) is 3.63. The van der Waals surface area contributed by atoms with Crippen molar-refractivity contribution >= 4 is 40.1 Å². The number of aliphatic imine (C=N–C) groups is 1. The van der Waals surface area contributed by atoms with Crippen LogP contribution in [0.15, 0.2) is 82.9 Å². The summed E-state index contributed by atoms with van der Waals surface area (Å²) in [5.41, 5.74) is 1.85. The van der Waals surface area contributed by atoms with E-state index in [9.17, 15) is 0 Å². The lowest BCUT2D eigenvalue weighted by molar-refractivity contribution is -0.877. The number of amidine groups is 2. The van der Waals surface area contributed by atoms with E-state index in [2.05, 4.69) is 39.7 Å². The molecule has 0 aliphatic rings. The quantitative estimate of drug-likeness (QED) is 0.249. The van der Waals surface area contributed by atoms with Gasteiger partial charge in [0, 0.05) is 11.3 Å². The van der Waals surface area contributed by atoms with Crippen LogP contribution in [0, 0.1) is 0 Å². The van der Waals surface area contributed by atoms with Crippen LogP contribution in [0.1, 0.15) is 5.56 Å². The number of rotatable bonds is 3. The summed E-state index contributed by atoms with van der Waals surface area (Å²) in [5, 5.41) is 10.6. The largest absolute Gasteiger partial charge is 0.742 e. The van der Waals surface area contributed by atoms with Crippen LogP contribution in [0.4, 0.5) is 5.69 Å². The Kier molecular flexibility index (Phi) is 5.30. The highest BCUT2D eigenvalue weighted by Gasteiger charge is 2.10. The van der Waals surface area contributed by atoms with Gasteiger partial charge in [-0.25, -0.2) is 9.58 Å². The first-order valence-corrected chi connectivity index (χ1v) is 8.80. The van der Waals surface area contributed by atoms with Gasteiger partial charge in [0.05, 0.1) is 21.1 Å². The topological polar surface area (TPSA) is 36.8 Å². The molecular weight excluding hydrogens is 340 g/mol. The molecular formula is C21H22N4S. The molecule has 0 aliphatic heterocycles. The number of hydrogen-bond acceptors (Lipinski definition) is 2. The molecule has 0 bridgehead atoms. The van der Waals surface area contributed by atoms with Crippen molar-refractivity contribution in [3.8, 4) is 0 Å². The molecule has 0 amide bonds. The Morgan fingerprint density at radius 2 is 1.50 bits per heavy atom. The highest BCUT2D eigenvalue weighted by molar-refractivity contribution is 7.77.